The van der Waals surface area contributed by atoms with Gasteiger partial charge in [0, 0.05) is 29.6 Å². The molecule has 1 aromatic carbocycles. The number of nitrogens with two attached hydrogens (primary N) is 1. The van der Waals surface area contributed by atoms with Gasteiger partial charge in [0.2, 0.25) is 0 Å². The highest BCUT2D eigenvalue weighted by atomic mass is 35.5. The number of pyridine rings is 1. The van der Waals surface area contributed by atoms with Gasteiger partial charge in [-0.3, -0.25) is 4.98 Å². The van der Waals surface area contributed by atoms with Crippen LogP contribution in [0, 0.1) is 0 Å². The molecule has 0 aliphatic carbocycles. The van der Waals surface area contributed by atoms with E-state index >= 15 is 0 Å². The number of nitrogens with one attached hydrogen (secondary N) is 1. The Hall–Kier alpha value is -1.95. The largest absolute Gasteiger partial charge is 0.306 e. The zero-order valence-electron chi connectivity index (χ0n) is 11.1. The lowest BCUT2D eigenvalue weighted by atomic mass is 10.1. The molecule has 0 amide bonds. The van der Waals surface area contributed by atoms with Crippen LogP contribution in [0.3, 0.4) is 0 Å². The van der Waals surface area contributed by atoms with Gasteiger partial charge in [-0.1, -0.05) is 24.3 Å². The van der Waals surface area contributed by atoms with Crippen LogP contribution >= 0.6 is 24.8 Å². The Labute approximate surface area is 134 Å². The zero-order valence-corrected chi connectivity index (χ0v) is 12.7. The van der Waals surface area contributed by atoms with Gasteiger partial charge in [0.25, 0.3) is 0 Å². The van der Waals surface area contributed by atoms with Crippen LogP contribution in [0.25, 0.3) is 10.8 Å². The molecule has 0 radical (unpaired) electrons. The molecule has 2 heterocycles. The summed E-state index contributed by atoms with van der Waals surface area (Å²) in [7, 11) is 0. The van der Waals surface area contributed by atoms with Gasteiger partial charge < -0.3 is 5.43 Å². The van der Waals surface area contributed by atoms with Crippen molar-refractivity contribution >= 4 is 41.4 Å². The Kier molecular flexibility index (Phi) is 6.30. The second-order valence-corrected chi connectivity index (χ2v) is 4.22. The minimum Gasteiger partial charge on any atom is -0.306 e. The van der Waals surface area contributed by atoms with Gasteiger partial charge in [-0.15, -0.1) is 29.9 Å². The second-order valence-electron chi connectivity index (χ2n) is 4.22. The molecule has 21 heavy (non-hydrogen) atoms. The molecule has 0 atom stereocenters. The van der Waals surface area contributed by atoms with Gasteiger partial charge in [-0.2, -0.15) is 5.10 Å². The van der Waals surface area contributed by atoms with Crippen molar-refractivity contribution in [2.45, 2.75) is 6.42 Å². The van der Waals surface area contributed by atoms with Crippen molar-refractivity contribution in [3.05, 3.63) is 60.0 Å². The normalized spacial score (nSPS) is 9.57. The quantitative estimate of drug-likeness (QED) is 0.572. The summed E-state index contributed by atoms with van der Waals surface area (Å²) in [6, 6.07) is 11.9. The highest BCUT2D eigenvalue weighted by Crippen LogP contribution is 2.23. The van der Waals surface area contributed by atoms with E-state index in [0.29, 0.717) is 5.82 Å². The summed E-state index contributed by atoms with van der Waals surface area (Å²) < 4.78 is 0. The molecule has 3 N–H and O–H groups in total. The first-order chi connectivity index (χ1) is 9.38. The van der Waals surface area contributed by atoms with Crippen LogP contribution in [-0.2, 0) is 6.42 Å². The summed E-state index contributed by atoms with van der Waals surface area (Å²) in [6.07, 6.45) is 4.28. The van der Waals surface area contributed by atoms with Gasteiger partial charge in [0.1, 0.15) is 0 Å². The number of benzene rings is 1. The van der Waals surface area contributed by atoms with E-state index in [1.165, 1.54) is 0 Å². The highest BCUT2D eigenvalue weighted by Gasteiger charge is 2.08. The van der Waals surface area contributed by atoms with Crippen molar-refractivity contribution < 1.29 is 0 Å². The maximum absolute atomic E-state index is 5.46. The predicted octanol–water partition coefficient (Wildman–Crippen LogP) is 2.74. The van der Waals surface area contributed by atoms with Crippen LogP contribution in [0.2, 0.25) is 0 Å². The third kappa shape index (κ3) is 3.58. The van der Waals surface area contributed by atoms with Crippen LogP contribution in [0.4, 0.5) is 5.82 Å². The fraction of sp³-hybridized carbons (Fsp3) is 0.0714. The van der Waals surface area contributed by atoms with Gasteiger partial charge in [-0.25, -0.2) is 5.84 Å². The molecule has 0 aliphatic rings. The maximum Gasteiger partial charge on any atom is 0.170 e. The summed E-state index contributed by atoms with van der Waals surface area (Å²) in [5.41, 5.74) is 4.66. The van der Waals surface area contributed by atoms with Crippen LogP contribution in [0.1, 0.15) is 11.3 Å². The van der Waals surface area contributed by atoms with E-state index in [4.69, 9.17) is 5.84 Å². The Morgan fingerprint density at radius 3 is 2.24 bits per heavy atom. The fourth-order valence-electron chi connectivity index (χ4n) is 2.09. The number of nitrogen functional groups attached to an aromatic ring is 1. The predicted molar refractivity (Wildman–Crippen MR) is 88.9 cm³/mol. The number of halogens is 2. The second kappa shape index (κ2) is 7.73. The van der Waals surface area contributed by atoms with E-state index in [1.807, 2.05) is 36.4 Å². The minimum atomic E-state index is 0. The number of hydrazine groups is 1. The highest BCUT2D eigenvalue weighted by molar-refractivity contribution is 5.93. The first-order valence-corrected chi connectivity index (χ1v) is 5.98. The Balaban J connectivity index is 0.00000110. The molecule has 3 rings (SSSR count). The molecular formula is C14H15Cl2N5. The summed E-state index contributed by atoms with van der Waals surface area (Å²) in [5.74, 6) is 6.05. The van der Waals surface area contributed by atoms with Crippen molar-refractivity contribution in [2.75, 3.05) is 5.43 Å². The first kappa shape index (κ1) is 17.1. The summed E-state index contributed by atoms with van der Waals surface area (Å²) in [5, 5.41) is 10.4. The number of fused-ring (bicyclic) bond motifs is 1. The van der Waals surface area contributed by atoms with Crippen molar-refractivity contribution in [1.29, 1.82) is 0 Å². The standard InChI is InChI=1S/C14H13N5.2ClH/c15-17-14-12-4-2-1-3-11(12)13(18-19-14)9-10-5-7-16-8-6-10;;/h1-8H,9,15H2,(H,17,19);2*1H. The van der Waals surface area contributed by atoms with Crippen molar-refractivity contribution in [3.8, 4) is 0 Å². The molecule has 0 bridgehead atoms. The van der Waals surface area contributed by atoms with Crippen molar-refractivity contribution in [2.24, 2.45) is 5.84 Å². The zero-order chi connectivity index (χ0) is 13.1. The average Bonchev–Trinajstić information content (AvgIpc) is 2.49. The van der Waals surface area contributed by atoms with Gasteiger partial charge in [-0.05, 0) is 17.7 Å². The minimum absolute atomic E-state index is 0. The van der Waals surface area contributed by atoms with Crippen molar-refractivity contribution in [1.82, 2.24) is 15.2 Å². The molecule has 110 valence electrons. The fourth-order valence-corrected chi connectivity index (χ4v) is 2.09. The molecule has 0 saturated carbocycles. The molecule has 0 fully saturated rings. The van der Waals surface area contributed by atoms with E-state index in [0.717, 1.165) is 28.5 Å². The Morgan fingerprint density at radius 1 is 0.905 bits per heavy atom. The monoisotopic (exact) mass is 323 g/mol. The first-order valence-electron chi connectivity index (χ1n) is 5.98. The van der Waals surface area contributed by atoms with Gasteiger partial charge in [0.15, 0.2) is 5.82 Å². The third-order valence-corrected chi connectivity index (χ3v) is 3.02. The van der Waals surface area contributed by atoms with Crippen LogP contribution in [0.15, 0.2) is 48.8 Å². The van der Waals surface area contributed by atoms with Gasteiger partial charge in [0.05, 0.1) is 5.69 Å². The molecular weight excluding hydrogens is 309 g/mol. The topological polar surface area (TPSA) is 76.7 Å². The lowest BCUT2D eigenvalue weighted by Gasteiger charge is -2.08. The summed E-state index contributed by atoms with van der Waals surface area (Å²) in [6.45, 7) is 0. The van der Waals surface area contributed by atoms with E-state index in [2.05, 4.69) is 20.6 Å². The molecule has 0 unspecified atom stereocenters. The van der Waals surface area contributed by atoms with E-state index in [1.54, 1.807) is 12.4 Å². The SMILES string of the molecule is Cl.Cl.NNc1nnc(Cc2ccncc2)c2ccccc12. The van der Waals surface area contributed by atoms with E-state index < -0.39 is 0 Å². The summed E-state index contributed by atoms with van der Waals surface area (Å²) >= 11 is 0. The lowest BCUT2D eigenvalue weighted by molar-refractivity contribution is 0.954. The molecule has 0 spiro atoms. The molecule has 0 aliphatic heterocycles. The Bertz CT molecular complexity index is 706. The molecule has 0 saturated heterocycles. The van der Waals surface area contributed by atoms with E-state index in [-0.39, 0.29) is 24.8 Å². The lowest BCUT2D eigenvalue weighted by Crippen LogP contribution is -2.11. The molecule has 7 heteroatoms. The average molecular weight is 324 g/mol. The van der Waals surface area contributed by atoms with E-state index in [9.17, 15) is 0 Å². The van der Waals surface area contributed by atoms with Gasteiger partial charge >= 0.3 is 0 Å². The van der Waals surface area contributed by atoms with Crippen LogP contribution < -0.4 is 11.3 Å². The molecule has 5 nitrogen and oxygen atoms in total. The number of nitrogens with zero attached hydrogens (tertiary/aromatic N) is 3. The van der Waals surface area contributed by atoms with Crippen molar-refractivity contribution in [3.63, 3.8) is 0 Å². The smallest absolute Gasteiger partial charge is 0.170 e. The number of anilines is 1. The maximum atomic E-state index is 5.46. The molecule has 2 aromatic heterocycles. The number of hydrogen-bond donors (Lipinski definition) is 2. The number of aromatic nitrogens is 3. The number of hydrogen-bond acceptors (Lipinski definition) is 5. The summed E-state index contributed by atoms with van der Waals surface area (Å²) in [4.78, 5) is 4.01. The van der Waals surface area contributed by atoms with Crippen LogP contribution in [-0.4, -0.2) is 15.2 Å². The number of rotatable bonds is 3. The Morgan fingerprint density at radius 2 is 1.57 bits per heavy atom. The molecule has 3 aromatic rings. The third-order valence-electron chi connectivity index (χ3n) is 3.02. The van der Waals surface area contributed by atoms with Crippen LogP contribution in [0.5, 0.6) is 0 Å².